The number of furan rings is 1. The highest BCUT2D eigenvalue weighted by atomic mass is 19.1. The number of aryl methyl sites for hydroxylation is 1. The second-order valence-electron chi connectivity index (χ2n) is 5.43. The zero-order valence-corrected chi connectivity index (χ0v) is 12.1. The summed E-state index contributed by atoms with van der Waals surface area (Å²) in [6.45, 7) is 2.88. The third-order valence-corrected chi connectivity index (χ3v) is 3.84. The van der Waals surface area contributed by atoms with Crippen LogP contribution in [0.25, 0.3) is 0 Å². The smallest absolute Gasteiger partial charge is 0.287 e. The molecule has 0 unspecified atom stereocenters. The van der Waals surface area contributed by atoms with Gasteiger partial charge in [-0.1, -0.05) is 0 Å². The van der Waals surface area contributed by atoms with Crippen LogP contribution in [0.3, 0.4) is 0 Å². The van der Waals surface area contributed by atoms with Crippen LogP contribution in [0.5, 0.6) is 0 Å². The van der Waals surface area contributed by atoms with Crippen LogP contribution in [-0.4, -0.2) is 25.0 Å². The minimum absolute atomic E-state index is 0.0959. The fourth-order valence-electron chi connectivity index (χ4n) is 2.69. The number of hydrogen-bond acceptors (Lipinski definition) is 3. The van der Waals surface area contributed by atoms with Crippen LogP contribution in [0.15, 0.2) is 34.9 Å². The van der Waals surface area contributed by atoms with E-state index < -0.39 is 11.6 Å². The van der Waals surface area contributed by atoms with Gasteiger partial charge in [0.1, 0.15) is 11.6 Å². The molecule has 1 atom stereocenters. The average Bonchev–Trinajstić information content (AvgIpc) is 3.08. The molecule has 1 aromatic carbocycles. The highest BCUT2D eigenvalue weighted by molar-refractivity contribution is 5.93. The van der Waals surface area contributed by atoms with Gasteiger partial charge in [0.2, 0.25) is 0 Å². The molecule has 2 aromatic rings. The van der Waals surface area contributed by atoms with Crippen LogP contribution in [0.2, 0.25) is 0 Å². The molecule has 1 aromatic heterocycles. The molecule has 0 spiro atoms. The number of nitrogens with zero attached hydrogens (tertiary/aromatic N) is 1. The highest BCUT2D eigenvalue weighted by Crippen LogP contribution is 2.24. The lowest BCUT2D eigenvalue weighted by atomic mass is 10.2. The third kappa shape index (κ3) is 2.81. The summed E-state index contributed by atoms with van der Waals surface area (Å²) < 4.78 is 31.9. The lowest BCUT2D eigenvalue weighted by Crippen LogP contribution is -2.37. The van der Waals surface area contributed by atoms with E-state index in [0.717, 1.165) is 11.6 Å². The molecule has 0 aliphatic carbocycles. The van der Waals surface area contributed by atoms with E-state index in [-0.39, 0.29) is 11.9 Å². The van der Waals surface area contributed by atoms with Gasteiger partial charge in [0.05, 0.1) is 12.0 Å². The van der Waals surface area contributed by atoms with Crippen LogP contribution in [-0.2, 0) is 0 Å². The largest absolute Gasteiger partial charge is 0.459 e. The van der Waals surface area contributed by atoms with Crippen molar-refractivity contribution in [2.24, 2.45) is 0 Å². The second-order valence-corrected chi connectivity index (χ2v) is 5.43. The van der Waals surface area contributed by atoms with Crippen molar-refractivity contribution < 1.29 is 18.0 Å². The molecule has 3 rings (SSSR count). The van der Waals surface area contributed by atoms with Gasteiger partial charge < -0.3 is 14.6 Å². The Morgan fingerprint density at radius 2 is 2.18 bits per heavy atom. The van der Waals surface area contributed by atoms with E-state index >= 15 is 0 Å². The van der Waals surface area contributed by atoms with Gasteiger partial charge in [-0.15, -0.1) is 0 Å². The molecule has 1 N–H and O–H groups in total. The summed E-state index contributed by atoms with van der Waals surface area (Å²) in [4.78, 5) is 13.9. The second kappa shape index (κ2) is 5.79. The molecule has 1 saturated heterocycles. The molecular formula is C16H16F2N2O2. The van der Waals surface area contributed by atoms with Crippen LogP contribution < -0.4 is 10.2 Å². The first-order chi connectivity index (χ1) is 10.5. The van der Waals surface area contributed by atoms with Gasteiger partial charge in [0, 0.05) is 30.8 Å². The minimum Gasteiger partial charge on any atom is -0.459 e. The molecule has 1 fully saturated rings. The number of carbonyl (C=O) groups is 1. The summed E-state index contributed by atoms with van der Waals surface area (Å²) in [6.07, 6.45) is 2.17. The number of carbonyl (C=O) groups excluding carboxylic acids is 1. The maximum absolute atomic E-state index is 13.8. The molecule has 0 saturated carbocycles. The summed E-state index contributed by atoms with van der Waals surface area (Å²) in [7, 11) is 0. The first-order valence-electron chi connectivity index (χ1n) is 7.09. The summed E-state index contributed by atoms with van der Waals surface area (Å²) in [5, 5.41) is 2.88. The molecule has 116 valence electrons. The van der Waals surface area contributed by atoms with Gasteiger partial charge >= 0.3 is 0 Å². The molecule has 0 bridgehead atoms. The lowest BCUT2D eigenvalue weighted by molar-refractivity contribution is 0.0911. The van der Waals surface area contributed by atoms with E-state index in [1.54, 1.807) is 17.9 Å². The van der Waals surface area contributed by atoms with Gasteiger partial charge in [-0.05, 0) is 31.5 Å². The summed E-state index contributed by atoms with van der Waals surface area (Å²) >= 11 is 0. The molecule has 4 nitrogen and oxygen atoms in total. The topological polar surface area (TPSA) is 45.5 Å². The predicted octanol–water partition coefficient (Wildman–Crippen LogP) is 2.87. The van der Waals surface area contributed by atoms with Crippen molar-refractivity contribution in [1.29, 1.82) is 0 Å². The van der Waals surface area contributed by atoms with Gasteiger partial charge in [-0.25, -0.2) is 8.78 Å². The fourth-order valence-corrected chi connectivity index (χ4v) is 2.69. The van der Waals surface area contributed by atoms with Crippen molar-refractivity contribution in [1.82, 2.24) is 5.32 Å². The van der Waals surface area contributed by atoms with Crippen LogP contribution in [0, 0.1) is 18.6 Å². The Kier molecular flexibility index (Phi) is 3.83. The highest BCUT2D eigenvalue weighted by Gasteiger charge is 2.27. The van der Waals surface area contributed by atoms with Crippen molar-refractivity contribution in [3.05, 3.63) is 53.5 Å². The first-order valence-corrected chi connectivity index (χ1v) is 7.09. The summed E-state index contributed by atoms with van der Waals surface area (Å²) in [6, 6.07) is 5.15. The van der Waals surface area contributed by atoms with Crippen molar-refractivity contribution >= 4 is 11.6 Å². The quantitative estimate of drug-likeness (QED) is 0.948. The van der Waals surface area contributed by atoms with E-state index in [9.17, 15) is 13.6 Å². The van der Waals surface area contributed by atoms with Gasteiger partial charge in [0.25, 0.3) is 5.91 Å². The molecule has 0 radical (unpaired) electrons. The van der Waals surface area contributed by atoms with Gasteiger partial charge in [-0.3, -0.25) is 4.79 Å². The standard InChI is InChI=1S/C16H16F2N2O2/c1-10-5-7-22-15(10)16(21)19-12-4-6-20(9-12)14-3-2-11(17)8-13(14)18/h2-3,5,7-8,12H,4,6,9H2,1H3,(H,19,21)/t12-/m0/s1. The molecule has 2 heterocycles. The Labute approximate surface area is 126 Å². The van der Waals surface area contributed by atoms with Crippen molar-refractivity contribution in [3.63, 3.8) is 0 Å². The van der Waals surface area contributed by atoms with E-state index in [1.165, 1.54) is 18.4 Å². The lowest BCUT2D eigenvalue weighted by Gasteiger charge is -2.19. The number of amides is 1. The molecule has 1 amide bonds. The minimum atomic E-state index is -0.599. The Bertz CT molecular complexity index is 699. The predicted molar refractivity (Wildman–Crippen MR) is 77.9 cm³/mol. The van der Waals surface area contributed by atoms with E-state index in [2.05, 4.69) is 5.32 Å². The van der Waals surface area contributed by atoms with Gasteiger partial charge in [-0.2, -0.15) is 0 Å². The summed E-state index contributed by atoms with van der Waals surface area (Å²) in [5.74, 6) is -1.16. The Balaban J connectivity index is 1.65. The number of benzene rings is 1. The van der Waals surface area contributed by atoms with E-state index in [1.807, 2.05) is 0 Å². The Morgan fingerprint density at radius 1 is 1.36 bits per heavy atom. The van der Waals surface area contributed by atoms with Crippen molar-refractivity contribution in [2.75, 3.05) is 18.0 Å². The third-order valence-electron chi connectivity index (χ3n) is 3.84. The Morgan fingerprint density at radius 3 is 2.86 bits per heavy atom. The van der Waals surface area contributed by atoms with E-state index in [4.69, 9.17) is 4.42 Å². The monoisotopic (exact) mass is 306 g/mol. The van der Waals surface area contributed by atoms with Crippen molar-refractivity contribution in [3.8, 4) is 0 Å². The molecule has 6 heteroatoms. The molecular weight excluding hydrogens is 290 g/mol. The number of rotatable bonds is 3. The normalized spacial score (nSPS) is 17.8. The SMILES string of the molecule is Cc1ccoc1C(=O)N[C@H]1CCN(c2ccc(F)cc2F)C1. The number of nitrogens with one attached hydrogen (secondary N) is 1. The van der Waals surface area contributed by atoms with Crippen LogP contribution in [0.4, 0.5) is 14.5 Å². The summed E-state index contributed by atoms with van der Waals surface area (Å²) in [5.41, 5.74) is 1.13. The molecule has 1 aliphatic rings. The zero-order chi connectivity index (χ0) is 15.7. The maximum Gasteiger partial charge on any atom is 0.287 e. The molecule has 22 heavy (non-hydrogen) atoms. The van der Waals surface area contributed by atoms with Crippen LogP contribution in [0.1, 0.15) is 22.5 Å². The Hall–Kier alpha value is -2.37. The first kappa shape index (κ1) is 14.6. The number of anilines is 1. The number of hydrogen-bond donors (Lipinski definition) is 1. The van der Waals surface area contributed by atoms with Crippen LogP contribution >= 0.6 is 0 Å². The molecule has 1 aliphatic heterocycles. The fraction of sp³-hybridized carbons (Fsp3) is 0.312. The van der Waals surface area contributed by atoms with Gasteiger partial charge in [0.15, 0.2) is 5.76 Å². The van der Waals surface area contributed by atoms with E-state index in [0.29, 0.717) is 31.0 Å². The maximum atomic E-state index is 13.8. The zero-order valence-electron chi connectivity index (χ0n) is 12.1. The number of halogens is 2. The van der Waals surface area contributed by atoms with Crippen molar-refractivity contribution in [2.45, 2.75) is 19.4 Å². The average molecular weight is 306 g/mol.